The van der Waals surface area contributed by atoms with Crippen LogP contribution in [0.5, 0.6) is 0 Å². The average molecular weight is 298 g/mol. The number of carbonyl (C=O) groups excluding carboxylic acids is 2. The minimum atomic E-state index is -0.850. The first-order valence-corrected chi connectivity index (χ1v) is 7.41. The van der Waals surface area contributed by atoms with Gasteiger partial charge in [-0.05, 0) is 17.9 Å². The van der Waals surface area contributed by atoms with Crippen LogP contribution in [0.4, 0.5) is 0 Å². The molecule has 0 aromatic carbocycles. The average Bonchev–Trinajstić information content (AvgIpc) is 3.05. The Bertz CT molecular complexity index is 453. The maximum absolute atomic E-state index is 11.8. The highest BCUT2D eigenvalue weighted by Crippen LogP contribution is 2.12. The van der Waals surface area contributed by atoms with E-state index in [2.05, 4.69) is 5.32 Å². The Balaban J connectivity index is 1.64. The molecular formula is C13H18N2O4S. The van der Waals surface area contributed by atoms with Crippen LogP contribution in [0.2, 0.25) is 0 Å². The maximum Gasteiger partial charge on any atom is 0.261 e. The van der Waals surface area contributed by atoms with E-state index in [-0.39, 0.29) is 24.9 Å². The van der Waals surface area contributed by atoms with Crippen molar-refractivity contribution in [1.29, 1.82) is 0 Å². The van der Waals surface area contributed by atoms with Crippen molar-refractivity contribution < 1.29 is 19.8 Å². The van der Waals surface area contributed by atoms with Crippen molar-refractivity contribution in [2.45, 2.75) is 25.0 Å². The summed E-state index contributed by atoms with van der Waals surface area (Å²) in [6, 6.07) is 3.56. The lowest BCUT2D eigenvalue weighted by Gasteiger charge is -2.15. The molecule has 0 bridgehead atoms. The zero-order chi connectivity index (χ0) is 14.5. The Morgan fingerprint density at radius 2 is 2.05 bits per heavy atom. The first kappa shape index (κ1) is 15.0. The van der Waals surface area contributed by atoms with Gasteiger partial charge in [0.05, 0.1) is 17.1 Å². The minimum absolute atomic E-state index is 0.106. The molecule has 7 heteroatoms. The SMILES string of the molecule is O=C(NCCCC(=O)N1C[C@@H](O)[C@@H](O)C1)c1cccs1. The third-order valence-corrected chi connectivity index (χ3v) is 4.08. The van der Waals surface area contributed by atoms with Gasteiger partial charge in [0.1, 0.15) is 0 Å². The second-order valence-electron chi connectivity index (χ2n) is 4.77. The fourth-order valence-electron chi connectivity index (χ4n) is 2.07. The predicted molar refractivity (Wildman–Crippen MR) is 74.5 cm³/mol. The number of thiophene rings is 1. The van der Waals surface area contributed by atoms with Gasteiger partial charge in [-0.3, -0.25) is 9.59 Å². The van der Waals surface area contributed by atoms with Crippen LogP contribution in [0.25, 0.3) is 0 Å². The van der Waals surface area contributed by atoms with Gasteiger partial charge in [-0.1, -0.05) is 6.07 Å². The molecule has 2 rings (SSSR count). The summed E-state index contributed by atoms with van der Waals surface area (Å²) in [6.45, 7) is 0.796. The van der Waals surface area contributed by atoms with Crippen molar-refractivity contribution in [3.05, 3.63) is 22.4 Å². The quantitative estimate of drug-likeness (QED) is 0.658. The van der Waals surface area contributed by atoms with E-state index in [1.54, 1.807) is 6.07 Å². The number of likely N-dealkylation sites (tertiary alicyclic amines) is 1. The molecule has 1 aromatic heterocycles. The second-order valence-corrected chi connectivity index (χ2v) is 5.72. The molecule has 2 amide bonds. The normalized spacial score (nSPS) is 22.0. The van der Waals surface area contributed by atoms with Gasteiger partial charge < -0.3 is 20.4 Å². The van der Waals surface area contributed by atoms with Crippen LogP contribution in [0.3, 0.4) is 0 Å². The van der Waals surface area contributed by atoms with E-state index in [1.165, 1.54) is 16.2 Å². The topological polar surface area (TPSA) is 89.9 Å². The molecule has 110 valence electrons. The first-order chi connectivity index (χ1) is 9.58. The molecule has 20 heavy (non-hydrogen) atoms. The second kappa shape index (κ2) is 6.83. The molecule has 2 heterocycles. The largest absolute Gasteiger partial charge is 0.388 e. The van der Waals surface area contributed by atoms with Gasteiger partial charge in [0.15, 0.2) is 0 Å². The van der Waals surface area contributed by atoms with Crippen LogP contribution in [0.1, 0.15) is 22.5 Å². The molecule has 0 radical (unpaired) electrons. The molecule has 0 unspecified atom stereocenters. The number of hydrogen-bond donors (Lipinski definition) is 3. The van der Waals surface area contributed by atoms with Gasteiger partial charge in [0, 0.05) is 26.1 Å². The standard InChI is InChI=1S/C13H18N2O4S/c16-9-7-15(8-10(9)17)12(18)4-1-5-14-13(19)11-3-2-6-20-11/h2-3,6,9-10,16-17H,1,4-5,7-8H2,(H,14,19)/t9-,10+. The lowest BCUT2D eigenvalue weighted by Crippen LogP contribution is -2.31. The first-order valence-electron chi connectivity index (χ1n) is 6.53. The molecule has 1 aromatic rings. The molecule has 0 aliphatic carbocycles. The van der Waals surface area contributed by atoms with Crippen LogP contribution >= 0.6 is 11.3 Å². The fourth-order valence-corrected chi connectivity index (χ4v) is 2.71. The minimum Gasteiger partial charge on any atom is -0.388 e. The molecule has 1 aliphatic rings. The van der Waals surface area contributed by atoms with Gasteiger partial charge in [-0.15, -0.1) is 11.3 Å². The molecule has 1 saturated heterocycles. The predicted octanol–water partition coefficient (Wildman–Crippen LogP) is -0.178. The van der Waals surface area contributed by atoms with Gasteiger partial charge in [0.25, 0.3) is 5.91 Å². The van der Waals surface area contributed by atoms with Crippen LogP contribution < -0.4 is 5.32 Å². The van der Waals surface area contributed by atoms with Gasteiger partial charge in [-0.2, -0.15) is 0 Å². The summed E-state index contributed by atoms with van der Waals surface area (Å²) in [4.78, 5) is 25.5. The number of rotatable bonds is 5. The lowest BCUT2D eigenvalue weighted by atomic mass is 10.2. The molecule has 3 N–H and O–H groups in total. The third-order valence-electron chi connectivity index (χ3n) is 3.21. The summed E-state index contributed by atoms with van der Waals surface area (Å²) in [7, 11) is 0. The van der Waals surface area contributed by atoms with Crippen LogP contribution in [-0.2, 0) is 4.79 Å². The van der Waals surface area contributed by atoms with E-state index < -0.39 is 12.2 Å². The molecule has 1 aliphatic heterocycles. The molecule has 6 nitrogen and oxygen atoms in total. The van der Waals surface area contributed by atoms with E-state index in [4.69, 9.17) is 0 Å². The molecule has 0 saturated carbocycles. The monoisotopic (exact) mass is 298 g/mol. The van der Waals surface area contributed by atoms with Gasteiger partial charge in [0.2, 0.25) is 5.91 Å². The van der Waals surface area contributed by atoms with E-state index in [9.17, 15) is 19.8 Å². The maximum atomic E-state index is 11.8. The number of nitrogens with zero attached hydrogens (tertiary/aromatic N) is 1. The van der Waals surface area contributed by atoms with Crippen molar-refractivity contribution in [3.63, 3.8) is 0 Å². The number of aliphatic hydroxyl groups excluding tert-OH is 2. The van der Waals surface area contributed by atoms with Crippen molar-refractivity contribution in [2.75, 3.05) is 19.6 Å². The Morgan fingerprint density at radius 1 is 1.35 bits per heavy atom. The molecular weight excluding hydrogens is 280 g/mol. The summed E-state index contributed by atoms with van der Waals surface area (Å²) in [5.74, 6) is -0.231. The van der Waals surface area contributed by atoms with Gasteiger partial charge in [-0.25, -0.2) is 0 Å². The Hall–Kier alpha value is -1.44. The smallest absolute Gasteiger partial charge is 0.261 e. The van der Waals surface area contributed by atoms with Crippen molar-refractivity contribution in [1.82, 2.24) is 10.2 Å². The zero-order valence-corrected chi connectivity index (χ0v) is 11.8. The number of hydrogen-bond acceptors (Lipinski definition) is 5. The third kappa shape index (κ3) is 3.78. The highest BCUT2D eigenvalue weighted by molar-refractivity contribution is 7.12. The summed E-state index contributed by atoms with van der Waals surface area (Å²) < 4.78 is 0. The highest BCUT2D eigenvalue weighted by atomic mass is 32.1. The van der Waals surface area contributed by atoms with E-state index in [1.807, 2.05) is 11.4 Å². The lowest BCUT2D eigenvalue weighted by molar-refractivity contribution is -0.130. The summed E-state index contributed by atoms with van der Waals surface area (Å²) >= 11 is 1.37. The Morgan fingerprint density at radius 3 is 2.65 bits per heavy atom. The number of nitrogens with one attached hydrogen (secondary N) is 1. The number of aliphatic hydroxyl groups is 2. The highest BCUT2D eigenvalue weighted by Gasteiger charge is 2.31. The number of carbonyl (C=O) groups is 2. The summed E-state index contributed by atoms with van der Waals surface area (Å²) in [6.07, 6.45) is -0.863. The Kier molecular flexibility index (Phi) is 5.11. The van der Waals surface area contributed by atoms with Crippen LogP contribution in [-0.4, -0.2) is 58.8 Å². The van der Waals surface area contributed by atoms with E-state index in [0.717, 1.165) is 0 Å². The Labute approximate surface area is 121 Å². The fraction of sp³-hybridized carbons (Fsp3) is 0.538. The summed E-state index contributed by atoms with van der Waals surface area (Å²) in [5.41, 5.74) is 0. The number of amides is 2. The van der Waals surface area contributed by atoms with Crippen molar-refractivity contribution >= 4 is 23.2 Å². The zero-order valence-electron chi connectivity index (χ0n) is 11.0. The van der Waals surface area contributed by atoms with Crippen molar-refractivity contribution in [2.24, 2.45) is 0 Å². The van der Waals surface area contributed by atoms with Crippen LogP contribution in [0, 0.1) is 0 Å². The van der Waals surface area contributed by atoms with Gasteiger partial charge >= 0.3 is 0 Å². The van der Waals surface area contributed by atoms with Crippen molar-refractivity contribution in [3.8, 4) is 0 Å². The van der Waals surface area contributed by atoms with E-state index >= 15 is 0 Å². The summed E-state index contributed by atoms with van der Waals surface area (Å²) in [5, 5.41) is 23.3. The molecule has 0 spiro atoms. The molecule has 1 fully saturated rings. The molecule has 2 atom stereocenters. The number of β-amino-alcohol motifs (C(OH)–C–C–N with tert-alkyl or cyclic N) is 2. The van der Waals surface area contributed by atoms with E-state index in [0.29, 0.717) is 24.3 Å². The van der Waals surface area contributed by atoms with Crippen LogP contribution in [0.15, 0.2) is 17.5 Å².